The van der Waals surface area contributed by atoms with E-state index in [2.05, 4.69) is 0 Å². The van der Waals surface area contributed by atoms with E-state index in [4.69, 9.17) is 4.74 Å². The Balaban J connectivity index is 2.12. The third-order valence-corrected chi connectivity index (χ3v) is 4.17. The molecule has 0 bridgehead atoms. The molecule has 2 rings (SSSR count). The second-order valence-electron chi connectivity index (χ2n) is 7.43. The van der Waals surface area contributed by atoms with Gasteiger partial charge in [-0.1, -0.05) is 18.2 Å². The molecule has 0 aromatic heterocycles. The minimum atomic E-state index is -0.554. The van der Waals surface area contributed by atoms with Crippen molar-refractivity contribution < 1.29 is 19.0 Å². The summed E-state index contributed by atoms with van der Waals surface area (Å²) in [4.78, 5) is 13.9. The first-order valence-corrected chi connectivity index (χ1v) is 8.07. The van der Waals surface area contributed by atoms with Crippen LogP contribution >= 0.6 is 0 Å². The Bertz CT molecular complexity index is 555. The summed E-state index contributed by atoms with van der Waals surface area (Å²) >= 11 is 0. The summed E-state index contributed by atoms with van der Waals surface area (Å²) in [6.07, 6.45) is 1.57. The van der Waals surface area contributed by atoms with Crippen molar-refractivity contribution in [2.75, 3.05) is 19.7 Å². The van der Waals surface area contributed by atoms with Crippen molar-refractivity contribution in [3.8, 4) is 0 Å². The van der Waals surface area contributed by atoms with Crippen molar-refractivity contribution in [2.24, 2.45) is 5.41 Å². The molecule has 1 N–H and O–H groups in total. The number of hydrogen-bond donors (Lipinski definition) is 1. The van der Waals surface area contributed by atoms with Gasteiger partial charge in [-0.25, -0.2) is 9.18 Å². The van der Waals surface area contributed by atoms with Crippen LogP contribution < -0.4 is 0 Å². The summed E-state index contributed by atoms with van der Waals surface area (Å²) in [6.45, 7) is 6.38. The number of likely N-dealkylation sites (tertiary alicyclic amines) is 1. The predicted molar refractivity (Wildman–Crippen MR) is 86.7 cm³/mol. The van der Waals surface area contributed by atoms with Crippen LogP contribution in [0.15, 0.2) is 24.3 Å². The molecule has 1 fully saturated rings. The first-order chi connectivity index (χ1) is 10.7. The molecule has 1 aliphatic heterocycles. The number of hydrogen-bond acceptors (Lipinski definition) is 3. The number of carbonyl (C=O) groups excluding carboxylic acids is 1. The van der Waals surface area contributed by atoms with Crippen molar-refractivity contribution in [3.05, 3.63) is 35.6 Å². The fourth-order valence-electron chi connectivity index (χ4n) is 3.07. The van der Waals surface area contributed by atoms with Gasteiger partial charge in [-0.05, 0) is 51.7 Å². The van der Waals surface area contributed by atoms with Crippen LogP contribution in [0.2, 0.25) is 0 Å². The van der Waals surface area contributed by atoms with Gasteiger partial charge in [0.15, 0.2) is 0 Å². The standard InChI is InChI=1S/C18H26FNO3/c1-17(2,3)23-16(22)20-10-6-9-18(12-20,13-21)11-14-7-4-5-8-15(14)19/h4-5,7-8,21H,6,9-13H2,1-3H3. The molecule has 0 aliphatic carbocycles. The lowest BCUT2D eigenvalue weighted by molar-refractivity contribution is -0.00863. The lowest BCUT2D eigenvalue weighted by atomic mass is 9.75. The van der Waals surface area contributed by atoms with Crippen LogP contribution in [0.25, 0.3) is 0 Å². The van der Waals surface area contributed by atoms with E-state index in [0.717, 1.165) is 12.8 Å². The van der Waals surface area contributed by atoms with Crippen LogP contribution in [-0.4, -0.2) is 41.4 Å². The molecule has 4 nitrogen and oxygen atoms in total. The summed E-state index contributed by atoms with van der Waals surface area (Å²) < 4.78 is 19.4. The second kappa shape index (κ2) is 6.87. The molecule has 1 saturated heterocycles. The molecule has 128 valence electrons. The zero-order valence-electron chi connectivity index (χ0n) is 14.1. The third-order valence-electron chi connectivity index (χ3n) is 4.17. The highest BCUT2D eigenvalue weighted by Crippen LogP contribution is 2.34. The Hall–Kier alpha value is -1.62. The molecule has 0 spiro atoms. The number of aliphatic hydroxyl groups excluding tert-OH is 1. The van der Waals surface area contributed by atoms with Gasteiger partial charge < -0.3 is 14.7 Å². The zero-order chi connectivity index (χ0) is 17.1. The Kier molecular flexibility index (Phi) is 5.30. The molecule has 5 heteroatoms. The summed E-state index contributed by atoms with van der Waals surface area (Å²) in [7, 11) is 0. The molecule has 1 atom stereocenters. The molecular weight excluding hydrogens is 297 g/mol. The number of aliphatic hydroxyl groups is 1. The molecule has 1 aromatic carbocycles. The molecule has 0 saturated carbocycles. The molecule has 1 heterocycles. The van der Waals surface area contributed by atoms with E-state index < -0.39 is 11.0 Å². The number of rotatable bonds is 3. The van der Waals surface area contributed by atoms with Crippen LogP contribution in [-0.2, 0) is 11.2 Å². The van der Waals surface area contributed by atoms with E-state index in [9.17, 15) is 14.3 Å². The quantitative estimate of drug-likeness (QED) is 0.928. The molecule has 1 aliphatic rings. The van der Waals surface area contributed by atoms with E-state index in [1.165, 1.54) is 6.07 Å². The normalized spacial score (nSPS) is 22.0. The number of nitrogens with zero attached hydrogens (tertiary/aromatic N) is 1. The maximum absolute atomic E-state index is 13.9. The largest absolute Gasteiger partial charge is 0.444 e. The van der Waals surface area contributed by atoms with Gasteiger partial charge in [0.25, 0.3) is 0 Å². The van der Waals surface area contributed by atoms with Crippen molar-refractivity contribution in [1.82, 2.24) is 4.90 Å². The van der Waals surface area contributed by atoms with Gasteiger partial charge in [0.2, 0.25) is 0 Å². The Morgan fingerprint density at radius 1 is 1.39 bits per heavy atom. The average molecular weight is 323 g/mol. The summed E-state index contributed by atoms with van der Waals surface area (Å²) in [6, 6.07) is 6.60. The highest BCUT2D eigenvalue weighted by Gasteiger charge is 2.38. The minimum absolute atomic E-state index is 0.0827. The molecular formula is C18H26FNO3. The molecule has 1 unspecified atom stereocenters. The van der Waals surface area contributed by atoms with Crippen molar-refractivity contribution in [1.29, 1.82) is 0 Å². The van der Waals surface area contributed by atoms with Gasteiger partial charge >= 0.3 is 6.09 Å². The predicted octanol–water partition coefficient (Wildman–Crippen LogP) is 3.38. The average Bonchev–Trinajstić information content (AvgIpc) is 2.48. The van der Waals surface area contributed by atoms with Crippen LogP contribution in [0.4, 0.5) is 9.18 Å². The smallest absolute Gasteiger partial charge is 0.410 e. The number of amides is 1. The number of benzene rings is 1. The Labute approximate surface area is 137 Å². The zero-order valence-corrected chi connectivity index (χ0v) is 14.1. The first kappa shape index (κ1) is 17.7. The molecule has 23 heavy (non-hydrogen) atoms. The lowest BCUT2D eigenvalue weighted by Crippen LogP contribution is -2.50. The minimum Gasteiger partial charge on any atom is -0.444 e. The van der Waals surface area contributed by atoms with Crippen LogP contribution in [0.1, 0.15) is 39.2 Å². The van der Waals surface area contributed by atoms with E-state index in [0.29, 0.717) is 25.1 Å². The lowest BCUT2D eigenvalue weighted by Gasteiger charge is -2.42. The summed E-state index contributed by atoms with van der Waals surface area (Å²) in [5.74, 6) is -0.269. The van der Waals surface area contributed by atoms with Crippen LogP contribution in [0.3, 0.4) is 0 Å². The SMILES string of the molecule is CC(C)(C)OC(=O)N1CCCC(CO)(Cc2ccccc2F)C1. The van der Waals surface area contributed by atoms with Gasteiger partial charge in [-0.2, -0.15) is 0 Å². The molecule has 1 amide bonds. The van der Waals surface area contributed by atoms with Crippen LogP contribution in [0, 0.1) is 11.2 Å². The Morgan fingerprint density at radius 2 is 2.09 bits per heavy atom. The van der Waals surface area contributed by atoms with E-state index >= 15 is 0 Å². The van der Waals surface area contributed by atoms with Gasteiger partial charge in [0, 0.05) is 18.5 Å². The van der Waals surface area contributed by atoms with Crippen molar-refractivity contribution in [2.45, 2.75) is 45.6 Å². The second-order valence-corrected chi connectivity index (χ2v) is 7.43. The highest BCUT2D eigenvalue weighted by molar-refractivity contribution is 5.68. The summed E-state index contributed by atoms with van der Waals surface area (Å²) in [5.41, 5.74) is -0.494. The van der Waals surface area contributed by atoms with Gasteiger partial charge in [-0.3, -0.25) is 0 Å². The number of piperidine rings is 1. The van der Waals surface area contributed by atoms with E-state index in [1.807, 2.05) is 20.8 Å². The van der Waals surface area contributed by atoms with Crippen LogP contribution in [0.5, 0.6) is 0 Å². The van der Waals surface area contributed by atoms with Gasteiger partial charge in [0.05, 0.1) is 6.61 Å². The van der Waals surface area contributed by atoms with Crippen molar-refractivity contribution in [3.63, 3.8) is 0 Å². The fourth-order valence-corrected chi connectivity index (χ4v) is 3.07. The Morgan fingerprint density at radius 3 is 2.70 bits per heavy atom. The maximum Gasteiger partial charge on any atom is 0.410 e. The molecule has 1 aromatic rings. The number of carbonyl (C=O) groups is 1. The summed E-state index contributed by atoms with van der Waals surface area (Å²) in [5, 5.41) is 9.92. The fraction of sp³-hybridized carbons (Fsp3) is 0.611. The van der Waals surface area contributed by atoms with Gasteiger partial charge in [-0.15, -0.1) is 0 Å². The monoisotopic (exact) mass is 323 g/mol. The third kappa shape index (κ3) is 4.67. The number of ether oxygens (including phenoxy) is 1. The maximum atomic E-state index is 13.9. The topological polar surface area (TPSA) is 49.8 Å². The highest BCUT2D eigenvalue weighted by atomic mass is 19.1. The van der Waals surface area contributed by atoms with E-state index in [-0.39, 0.29) is 18.5 Å². The van der Waals surface area contributed by atoms with E-state index in [1.54, 1.807) is 23.1 Å². The number of halogens is 1. The molecule has 0 radical (unpaired) electrons. The van der Waals surface area contributed by atoms with Crippen molar-refractivity contribution >= 4 is 6.09 Å². The van der Waals surface area contributed by atoms with Gasteiger partial charge in [0.1, 0.15) is 11.4 Å². The first-order valence-electron chi connectivity index (χ1n) is 8.07.